The Morgan fingerprint density at radius 3 is 2.29 bits per heavy atom. The van der Waals surface area contributed by atoms with Crippen LogP contribution in [-0.2, 0) is 17.9 Å². The molecule has 5 heteroatoms. The molecule has 0 bridgehead atoms. The third kappa shape index (κ3) is 3.43. The molecule has 0 aliphatic rings. The lowest BCUT2D eigenvalue weighted by Crippen LogP contribution is -2.25. The third-order valence-corrected chi connectivity index (χ3v) is 5.16. The Balaban J connectivity index is 1.72. The first-order chi connectivity index (χ1) is 13.6. The van der Waals surface area contributed by atoms with Crippen LogP contribution in [0.2, 0.25) is 0 Å². The lowest BCUT2D eigenvalue weighted by Gasteiger charge is -2.08. The topological polar surface area (TPSA) is 64.2 Å². The number of aromatic nitrogens is 2. The van der Waals surface area contributed by atoms with Crippen LogP contribution in [0.4, 0.5) is 0 Å². The van der Waals surface area contributed by atoms with Crippen molar-refractivity contribution in [1.82, 2.24) is 9.13 Å². The molecule has 0 unspecified atom stereocenters. The highest BCUT2D eigenvalue weighted by molar-refractivity contribution is 5.86. The molecule has 1 N–H and O–H groups in total. The molecule has 1 heterocycles. The Labute approximate surface area is 162 Å². The van der Waals surface area contributed by atoms with Gasteiger partial charge in [-0.25, -0.2) is 4.79 Å². The zero-order valence-electron chi connectivity index (χ0n) is 15.5. The maximum absolute atomic E-state index is 13.2. The molecule has 0 amide bonds. The van der Waals surface area contributed by atoms with Crippen LogP contribution in [-0.4, -0.2) is 20.2 Å². The van der Waals surface area contributed by atoms with Gasteiger partial charge in [0.15, 0.2) is 0 Å². The Bertz CT molecular complexity index is 1200. The van der Waals surface area contributed by atoms with E-state index in [1.54, 1.807) is 4.57 Å². The van der Waals surface area contributed by atoms with Crippen molar-refractivity contribution in [3.05, 3.63) is 82.8 Å². The van der Waals surface area contributed by atoms with E-state index in [0.717, 1.165) is 27.4 Å². The van der Waals surface area contributed by atoms with Crippen LogP contribution in [0.3, 0.4) is 0 Å². The zero-order chi connectivity index (χ0) is 19.5. The van der Waals surface area contributed by atoms with Crippen LogP contribution in [0.5, 0.6) is 0 Å². The lowest BCUT2D eigenvalue weighted by atomic mass is 10.0. The van der Waals surface area contributed by atoms with E-state index in [4.69, 9.17) is 5.11 Å². The van der Waals surface area contributed by atoms with Crippen LogP contribution in [0, 0.1) is 0 Å². The molecule has 0 aliphatic heterocycles. The largest absolute Gasteiger partial charge is 0.481 e. The van der Waals surface area contributed by atoms with Gasteiger partial charge in [0, 0.05) is 13.0 Å². The highest BCUT2D eigenvalue weighted by Crippen LogP contribution is 2.21. The summed E-state index contributed by atoms with van der Waals surface area (Å²) in [5, 5.41) is 11.1. The average molecular weight is 374 g/mol. The molecular formula is C23H22N2O3. The van der Waals surface area contributed by atoms with E-state index in [0.29, 0.717) is 25.9 Å². The number of carboxylic acids is 1. The summed E-state index contributed by atoms with van der Waals surface area (Å²) < 4.78 is 3.58. The molecule has 1 aromatic heterocycles. The zero-order valence-corrected chi connectivity index (χ0v) is 15.5. The van der Waals surface area contributed by atoms with Gasteiger partial charge in [0.2, 0.25) is 0 Å². The van der Waals surface area contributed by atoms with Crippen molar-refractivity contribution in [3.8, 4) is 0 Å². The normalized spacial score (nSPS) is 11.3. The van der Waals surface area contributed by atoms with Gasteiger partial charge in [-0.2, -0.15) is 0 Å². The first-order valence-corrected chi connectivity index (χ1v) is 9.51. The van der Waals surface area contributed by atoms with Crippen molar-refractivity contribution in [2.75, 3.05) is 0 Å². The van der Waals surface area contributed by atoms with Crippen molar-refractivity contribution in [3.63, 3.8) is 0 Å². The molecule has 0 atom stereocenters. The van der Waals surface area contributed by atoms with Gasteiger partial charge < -0.3 is 5.11 Å². The summed E-state index contributed by atoms with van der Waals surface area (Å²) in [7, 11) is 0. The first kappa shape index (κ1) is 18.0. The highest BCUT2D eigenvalue weighted by atomic mass is 16.4. The molecule has 5 nitrogen and oxygen atoms in total. The van der Waals surface area contributed by atoms with Crippen LogP contribution in [0.15, 0.2) is 71.5 Å². The van der Waals surface area contributed by atoms with E-state index in [-0.39, 0.29) is 12.1 Å². The molecule has 0 spiro atoms. The number of nitrogens with zero attached hydrogens (tertiary/aromatic N) is 2. The minimum absolute atomic E-state index is 0.0514. The maximum Gasteiger partial charge on any atom is 0.329 e. The molecule has 3 aromatic carbocycles. The summed E-state index contributed by atoms with van der Waals surface area (Å²) in [4.78, 5) is 23.9. The Morgan fingerprint density at radius 2 is 1.50 bits per heavy atom. The number of unbranched alkanes of at least 4 members (excludes halogenated alkanes) is 1. The second-order valence-corrected chi connectivity index (χ2v) is 7.00. The molecule has 28 heavy (non-hydrogen) atoms. The predicted octanol–water partition coefficient (Wildman–Crippen LogP) is 4.26. The average Bonchev–Trinajstić information content (AvgIpc) is 2.97. The summed E-state index contributed by atoms with van der Waals surface area (Å²) in [6.45, 7) is 1.03. The first-order valence-electron chi connectivity index (χ1n) is 9.51. The number of fused-ring (bicyclic) bond motifs is 2. The van der Waals surface area contributed by atoms with Crippen molar-refractivity contribution < 1.29 is 9.90 Å². The molecule has 142 valence electrons. The smallest absolute Gasteiger partial charge is 0.329 e. The number of aryl methyl sites for hydroxylation is 1. The SMILES string of the molecule is O=C(O)CCCCn1c(=O)n(Cc2cccc3ccccc23)c2ccccc21. The third-order valence-electron chi connectivity index (χ3n) is 5.16. The molecule has 0 aliphatic carbocycles. The summed E-state index contributed by atoms with van der Waals surface area (Å²) in [5.74, 6) is -0.800. The van der Waals surface area contributed by atoms with Crippen LogP contribution >= 0.6 is 0 Å². The van der Waals surface area contributed by atoms with Crippen molar-refractivity contribution in [2.45, 2.75) is 32.4 Å². The standard InChI is InChI=1S/C23H22N2O3/c26-22(27)14-5-6-15-24-20-12-3-4-13-21(20)25(23(24)28)16-18-10-7-9-17-8-1-2-11-19(17)18/h1-4,7-13H,5-6,14-16H2,(H,26,27). The van der Waals surface area contributed by atoms with E-state index in [1.165, 1.54) is 0 Å². The number of benzene rings is 3. The molecule has 0 fully saturated rings. The number of imidazole rings is 1. The van der Waals surface area contributed by atoms with Gasteiger partial charge in [-0.3, -0.25) is 13.9 Å². The van der Waals surface area contributed by atoms with Gasteiger partial charge in [0.05, 0.1) is 17.6 Å². The van der Waals surface area contributed by atoms with Crippen LogP contribution < -0.4 is 5.69 Å². The quantitative estimate of drug-likeness (QED) is 0.492. The van der Waals surface area contributed by atoms with Crippen molar-refractivity contribution in [2.24, 2.45) is 0 Å². The van der Waals surface area contributed by atoms with E-state index in [2.05, 4.69) is 24.3 Å². The number of rotatable bonds is 7. The van der Waals surface area contributed by atoms with Crippen LogP contribution in [0.25, 0.3) is 21.8 Å². The molecule has 0 saturated carbocycles. The number of carbonyl (C=O) groups is 1. The summed E-state index contributed by atoms with van der Waals surface area (Å²) in [6.07, 6.45) is 1.35. The van der Waals surface area contributed by atoms with E-state index in [1.807, 2.05) is 47.0 Å². The summed E-state index contributed by atoms with van der Waals surface area (Å²) in [5.41, 5.74) is 2.85. The van der Waals surface area contributed by atoms with Gasteiger partial charge in [-0.15, -0.1) is 0 Å². The molecular weight excluding hydrogens is 352 g/mol. The number of aliphatic carboxylic acids is 1. The number of carboxylic acid groups (broad SMARTS) is 1. The molecule has 0 radical (unpaired) electrons. The predicted molar refractivity (Wildman–Crippen MR) is 111 cm³/mol. The number of para-hydroxylation sites is 2. The minimum atomic E-state index is -0.800. The van der Waals surface area contributed by atoms with Crippen molar-refractivity contribution in [1.29, 1.82) is 0 Å². The van der Waals surface area contributed by atoms with Gasteiger partial charge in [0.25, 0.3) is 0 Å². The van der Waals surface area contributed by atoms with Gasteiger partial charge >= 0.3 is 11.7 Å². The molecule has 4 rings (SSSR count). The van der Waals surface area contributed by atoms with E-state index >= 15 is 0 Å². The van der Waals surface area contributed by atoms with E-state index in [9.17, 15) is 9.59 Å². The number of hydrogen-bond acceptors (Lipinski definition) is 2. The molecule has 0 saturated heterocycles. The van der Waals surface area contributed by atoms with Crippen molar-refractivity contribution >= 4 is 27.8 Å². The summed E-state index contributed by atoms with van der Waals surface area (Å²) >= 11 is 0. The summed E-state index contributed by atoms with van der Waals surface area (Å²) in [6, 6.07) is 22.1. The molecule has 4 aromatic rings. The van der Waals surface area contributed by atoms with Crippen LogP contribution in [0.1, 0.15) is 24.8 Å². The second-order valence-electron chi connectivity index (χ2n) is 7.00. The fourth-order valence-corrected chi connectivity index (χ4v) is 3.79. The fourth-order valence-electron chi connectivity index (χ4n) is 3.79. The lowest BCUT2D eigenvalue weighted by molar-refractivity contribution is -0.137. The fraction of sp³-hybridized carbons (Fsp3) is 0.217. The van der Waals surface area contributed by atoms with Gasteiger partial charge in [0.1, 0.15) is 0 Å². The monoisotopic (exact) mass is 374 g/mol. The van der Waals surface area contributed by atoms with Gasteiger partial charge in [-0.1, -0.05) is 54.6 Å². The minimum Gasteiger partial charge on any atom is -0.481 e. The van der Waals surface area contributed by atoms with E-state index < -0.39 is 5.97 Å². The Morgan fingerprint density at radius 1 is 0.821 bits per heavy atom. The second kappa shape index (κ2) is 7.72. The highest BCUT2D eigenvalue weighted by Gasteiger charge is 2.14. The Kier molecular flexibility index (Phi) is 4.98. The Hall–Kier alpha value is -3.34. The number of hydrogen-bond donors (Lipinski definition) is 1. The maximum atomic E-state index is 13.2. The van der Waals surface area contributed by atoms with Gasteiger partial charge in [-0.05, 0) is 41.3 Å².